The van der Waals surface area contributed by atoms with Gasteiger partial charge in [-0.05, 0) is 36.2 Å². The number of pyridine rings is 2. The number of cyclic esters (lactones) is 1. The fourth-order valence-corrected chi connectivity index (χ4v) is 4.82. The number of carbonyl (C=O) groups is 3. The average molecular weight is 523 g/mol. The summed E-state index contributed by atoms with van der Waals surface area (Å²) < 4.78 is 12.1. The number of amides is 2. The number of likely N-dealkylation sites (N-methyl/N-ethyl adjacent to an activating group) is 2. The van der Waals surface area contributed by atoms with E-state index in [2.05, 4.69) is 0 Å². The maximum atomic E-state index is 13.2. The highest BCUT2D eigenvalue weighted by atomic mass is 16.6. The molecule has 2 aliphatic heterocycles. The summed E-state index contributed by atoms with van der Waals surface area (Å²) >= 11 is 0. The van der Waals surface area contributed by atoms with Crippen LogP contribution in [0.4, 0.5) is 9.59 Å². The normalized spacial score (nSPS) is 15.4. The molecular formula is C26H26N4O8. The Morgan fingerprint density at radius 3 is 2.61 bits per heavy atom. The molecule has 198 valence electrons. The lowest BCUT2D eigenvalue weighted by molar-refractivity contribution is -0.157. The largest absolute Gasteiger partial charge is 0.465 e. The molecular weight excluding hydrogens is 496 g/mol. The summed E-state index contributed by atoms with van der Waals surface area (Å²) in [6.45, 7) is 2.36. The lowest BCUT2D eigenvalue weighted by atomic mass is 9.97. The third-order valence-corrected chi connectivity index (χ3v) is 7.01. The van der Waals surface area contributed by atoms with Crippen LogP contribution in [0.2, 0.25) is 0 Å². The van der Waals surface area contributed by atoms with E-state index >= 15 is 0 Å². The van der Waals surface area contributed by atoms with Gasteiger partial charge in [-0.1, -0.05) is 6.92 Å². The zero-order valence-corrected chi connectivity index (χ0v) is 21.1. The van der Waals surface area contributed by atoms with Crippen molar-refractivity contribution in [3.8, 4) is 17.1 Å². The van der Waals surface area contributed by atoms with Crippen LogP contribution in [-0.2, 0) is 29.1 Å². The highest BCUT2D eigenvalue weighted by Gasteiger charge is 2.34. The molecule has 2 N–H and O–H groups in total. The quantitative estimate of drug-likeness (QED) is 0.376. The van der Waals surface area contributed by atoms with Crippen molar-refractivity contribution in [2.45, 2.75) is 32.6 Å². The van der Waals surface area contributed by atoms with E-state index in [1.807, 2.05) is 6.92 Å². The number of benzene rings is 1. The fraction of sp³-hybridized carbons (Fsp3) is 0.346. The minimum absolute atomic E-state index is 0.134. The summed E-state index contributed by atoms with van der Waals surface area (Å²) in [5.74, 6) is -0.485. The van der Waals surface area contributed by atoms with Crippen molar-refractivity contribution in [1.29, 1.82) is 0 Å². The fourth-order valence-electron chi connectivity index (χ4n) is 4.82. The predicted molar refractivity (Wildman–Crippen MR) is 134 cm³/mol. The van der Waals surface area contributed by atoms with Crippen LogP contribution in [0.1, 0.15) is 35.3 Å². The highest BCUT2D eigenvalue weighted by molar-refractivity contribution is 5.90. The Bertz CT molecular complexity index is 1560. The highest BCUT2D eigenvalue weighted by Crippen LogP contribution is 2.38. The monoisotopic (exact) mass is 522 g/mol. The topological polar surface area (TPSA) is 152 Å². The molecule has 5 rings (SSSR count). The maximum Gasteiger partial charge on any atom is 0.415 e. The zero-order valence-electron chi connectivity index (χ0n) is 21.1. The van der Waals surface area contributed by atoms with Crippen molar-refractivity contribution in [2.24, 2.45) is 0 Å². The van der Waals surface area contributed by atoms with E-state index in [0.717, 1.165) is 21.4 Å². The van der Waals surface area contributed by atoms with Gasteiger partial charge in [0.25, 0.3) is 5.56 Å². The van der Waals surface area contributed by atoms with E-state index in [4.69, 9.17) is 19.6 Å². The smallest absolute Gasteiger partial charge is 0.415 e. The van der Waals surface area contributed by atoms with E-state index < -0.39 is 24.3 Å². The van der Waals surface area contributed by atoms with Gasteiger partial charge in [-0.2, -0.15) is 0 Å². The predicted octanol–water partition coefficient (Wildman–Crippen LogP) is 2.12. The second-order valence-electron chi connectivity index (χ2n) is 9.31. The zero-order chi connectivity index (χ0) is 27.3. The van der Waals surface area contributed by atoms with Crippen molar-refractivity contribution < 1.29 is 34.1 Å². The molecule has 0 spiro atoms. The number of carboxylic acid groups (broad SMARTS) is 1. The van der Waals surface area contributed by atoms with Gasteiger partial charge in [-0.15, -0.1) is 0 Å². The molecule has 2 amide bonds. The Morgan fingerprint density at radius 2 is 1.89 bits per heavy atom. The van der Waals surface area contributed by atoms with Gasteiger partial charge >= 0.3 is 18.2 Å². The molecule has 0 saturated carbocycles. The molecule has 2 aliphatic rings. The van der Waals surface area contributed by atoms with Gasteiger partial charge in [0.1, 0.15) is 12.4 Å². The number of hydrogen-bond acceptors (Lipinski definition) is 8. The molecule has 0 fully saturated rings. The van der Waals surface area contributed by atoms with E-state index in [9.17, 15) is 24.3 Å². The van der Waals surface area contributed by atoms with Gasteiger partial charge in [0.15, 0.2) is 6.10 Å². The average Bonchev–Trinajstić information content (AvgIpc) is 3.26. The van der Waals surface area contributed by atoms with E-state index in [0.29, 0.717) is 29.1 Å². The van der Waals surface area contributed by atoms with Gasteiger partial charge in [-0.25, -0.2) is 19.4 Å². The first kappa shape index (κ1) is 25.2. The number of ether oxygens (including phenoxy) is 2. The number of aliphatic hydroxyl groups is 1. The Labute approximate surface area is 216 Å². The van der Waals surface area contributed by atoms with E-state index in [-0.39, 0.29) is 42.9 Å². The van der Waals surface area contributed by atoms with Crippen molar-refractivity contribution >= 4 is 29.1 Å². The molecule has 3 aromatic rings. The summed E-state index contributed by atoms with van der Waals surface area (Å²) in [5, 5.41) is 20.1. The second kappa shape index (κ2) is 9.45. The van der Waals surface area contributed by atoms with Crippen molar-refractivity contribution in [1.82, 2.24) is 19.4 Å². The van der Waals surface area contributed by atoms with Crippen LogP contribution in [0.25, 0.3) is 22.3 Å². The summed E-state index contributed by atoms with van der Waals surface area (Å²) in [6.07, 6.45) is -2.62. The number of aryl methyl sites for hydroxylation is 1. The molecule has 1 aromatic carbocycles. The van der Waals surface area contributed by atoms with Gasteiger partial charge in [0.05, 0.1) is 29.0 Å². The van der Waals surface area contributed by atoms with Crippen molar-refractivity contribution in [2.75, 3.05) is 27.2 Å². The van der Waals surface area contributed by atoms with Crippen LogP contribution in [0.3, 0.4) is 0 Å². The van der Waals surface area contributed by atoms with Crippen molar-refractivity contribution in [3.63, 3.8) is 0 Å². The molecule has 0 radical (unpaired) electrons. The van der Waals surface area contributed by atoms with Gasteiger partial charge < -0.3 is 34.1 Å². The Morgan fingerprint density at radius 1 is 1.16 bits per heavy atom. The number of nitrogens with zero attached hydrogens (tertiary/aromatic N) is 4. The minimum Gasteiger partial charge on any atom is -0.465 e. The first-order chi connectivity index (χ1) is 18.1. The molecule has 12 heteroatoms. The summed E-state index contributed by atoms with van der Waals surface area (Å²) in [5.41, 5.74) is 3.71. The Hall–Kier alpha value is -4.45. The molecule has 2 aromatic heterocycles. The third-order valence-electron chi connectivity index (χ3n) is 7.01. The Balaban J connectivity index is 1.48. The SMILES string of the molecule is CCc1c2c(nc3ccc(OC(=O)N(C)CCN(C)C(=O)O)cc13)-c1cc3c(c(=O)n1C2)COC(=O)[C@H]3O. The van der Waals surface area contributed by atoms with Crippen LogP contribution in [0.15, 0.2) is 29.1 Å². The van der Waals surface area contributed by atoms with Gasteiger partial charge in [0.2, 0.25) is 0 Å². The molecule has 4 heterocycles. The number of hydrogen-bond donors (Lipinski definition) is 2. The lowest BCUT2D eigenvalue weighted by Gasteiger charge is -2.21. The number of fused-ring (bicyclic) bond motifs is 5. The van der Waals surface area contributed by atoms with Crippen LogP contribution in [-0.4, -0.2) is 74.9 Å². The first-order valence-corrected chi connectivity index (χ1v) is 12.0. The Kier molecular flexibility index (Phi) is 6.27. The van der Waals surface area contributed by atoms with Gasteiger partial charge in [-0.3, -0.25) is 4.79 Å². The molecule has 38 heavy (non-hydrogen) atoms. The summed E-state index contributed by atoms with van der Waals surface area (Å²) in [4.78, 5) is 55.8. The van der Waals surface area contributed by atoms with Crippen LogP contribution < -0.4 is 10.3 Å². The van der Waals surface area contributed by atoms with Crippen LogP contribution >= 0.6 is 0 Å². The molecule has 0 saturated heterocycles. The summed E-state index contributed by atoms with van der Waals surface area (Å²) in [7, 11) is 2.94. The lowest BCUT2D eigenvalue weighted by Crippen LogP contribution is -2.38. The summed E-state index contributed by atoms with van der Waals surface area (Å²) in [6, 6.07) is 6.70. The number of aliphatic hydroxyl groups excluding tert-OH is 1. The number of rotatable bonds is 5. The molecule has 0 bridgehead atoms. The molecule has 0 unspecified atom stereocenters. The van der Waals surface area contributed by atoms with E-state index in [1.54, 1.807) is 28.8 Å². The second-order valence-corrected chi connectivity index (χ2v) is 9.31. The molecule has 1 atom stereocenters. The standard InChI is InChI=1S/C26H26N4O8/c1-4-14-15-9-13(38-26(36)29(3)8-7-28(2)25(34)35)5-6-19(15)27-21-17(14)11-30-20(21)10-16-18(23(30)32)12-37-24(33)22(16)31/h5-6,9-10,22,31H,4,7-8,11-12H2,1-3H3,(H,34,35)/t22-/m0/s1. The van der Waals surface area contributed by atoms with Crippen LogP contribution in [0.5, 0.6) is 5.75 Å². The van der Waals surface area contributed by atoms with E-state index in [1.165, 1.54) is 19.0 Å². The third kappa shape index (κ3) is 4.12. The number of esters is 1. The van der Waals surface area contributed by atoms with Crippen LogP contribution in [0, 0.1) is 0 Å². The maximum absolute atomic E-state index is 13.2. The minimum atomic E-state index is -1.52. The van der Waals surface area contributed by atoms with Gasteiger partial charge in [0, 0.05) is 43.7 Å². The number of carbonyl (C=O) groups excluding carboxylic acids is 2. The molecule has 12 nitrogen and oxygen atoms in total. The van der Waals surface area contributed by atoms with Crippen molar-refractivity contribution in [3.05, 3.63) is 56.9 Å². The molecule has 0 aliphatic carbocycles. The number of aromatic nitrogens is 2. The first-order valence-electron chi connectivity index (χ1n) is 12.0.